The van der Waals surface area contributed by atoms with Gasteiger partial charge in [0.15, 0.2) is 11.5 Å². The van der Waals surface area contributed by atoms with E-state index in [1.54, 1.807) is 14.2 Å². The quantitative estimate of drug-likeness (QED) is 0.894. The van der Waals surface area contributed by atoms with E-state index in [9.17, 15) is 0 Å². The Morgan fingerprint density at radius 2 is 1.95 bits per heavy atom. The Balaban J connectivity index is 2.11. The molecule has 0 aromatic heterocycles. The summed E-state index contributed by atoms with van der Waals surface area (Å²) in [6, 6.07) is 7.00. The molecular formula is C17H27NO2S. The van der Waals surface area contributed by atoms with Crippen LogP contribution in [-0.4, -0.2) is 31.8 Å². The van der Waals surface area contributed by atoms with Gasteiger partial charge in [0.1, 0.15) is 0 Å². The van der Waals surface area contributed by atoms with Crippen molar-refractivity contribution in [3.63, 3.8) is 0 Å². The maximum Gasteiger partial charge on any atom is 0.161 e. The van der Waals surface area contributed by atoms with E-state index in [0.29, 0.717) is 17.5 Å². The van der Waals surface area contributed by atoms with Crippen molar-refractivity contribution in [2.24, 2.45) is 5.41 Å². The van der Waals surface area contributed by atoms with E-state index in [1.165, 1.54) is 23.5 Å². The molecule has 1 aromatic rings. The van der Waals surface area contributed by atoms with Gasteiger partial charge in [-0.3, -0.25) is 0 Å². The van der Waals surface area contributed by atoms with Gasteiger partial charge >= 0.3 is 0 Å². The van der Waals surface area contributed by atoms with Gasteiger partial charge in [-0.2, -0.15) is 11.8 Å². The van der Waals surface area contributed by atoms with Crippen molar-refractivity contribution in [2.75, 3.05) is 25.7 Å². The smallest absolute Gasteiger partial charge is 0.161 e. The van der Waals surface area contributed by atoms with Gasteiger partial charge in [0.25, 0.3) is 0 Å². The highest BCUT2D eigenvalue weighted by Crippen LogP contribution is 2.36. The minimum Gasteiger partial charge on any atom is -0.493 e. The second-order valence-corrected chi connectivity index (χ2v) is 7.52. The van der Waals surface area contributed by atoms with Crippen LogP contribution in [0.5, 0.6) is 11.5 Å². The average molecular weight is 309 g/mol. The van der Waals surface area contributed by atoms with Gasteiger partial charge in [-0.05, 0) is 42.2 Å². The molecule has 0 spiro atoms. The van der Waals surface area contributed by atoms with Gasteiger partial charge < -0.3 is 14.8 Å². The van der Waals surface area contributed by atoms with E-state index in [1.807, 2.05) is 17.8 Å². The normalized spacial score (nSPS) is 22.6. The maximum atomic E-state index is 5.40. The van der Waals surface area contributed by atoms with Crippen LogP contribution in [0.4, 0.5) is 0 Å². The number of thioether (sulfide) groups is 1. The van der Waals surface area contributed by atoms with Gasteiger partial charge in [0, 0.05) is 17.8 Å². The summed E-state index contributed by atoms with van der Waals surface area (Å²) < 4.78 is 10.7. The van der Waals surface area contributed by atoms with Gasteiger partial charge in [0.2, 0.25) is 0 Å². The Bertz CT molecular complexity index is 476. The van der Waals surface area contributed by atoms with Crippen molar-refractivity contribution in [3.05, 3.63) is 23.8 Å². The molecule has 0 aliphatic carbocycles. The van der Waals surface area contributed by atoms with Crippen molar-refractivity contribution < 1.29 is 9.47 Å². The zero-order valence-corrected chi connectivity index (χ0v) is 14.5. The SMILES string of the molecule is COc1ccc(C(C)NC2CSCCC2(C)C)cc1OC. The molecule has 1 aliphatic rings. The number of ether oxygens (including phenoxy) is 2. The standard InChI is InChI=1S/C17H27NO2S/c1-12(18-16-11-21-9-8-17(16,2)3)13-6-7-14(19-4)15(10-13)20-5/h6-7,10,12,16,18H,8-9,11H2,1-5H3. The van der Waals surface area contributed by atoms with E-state index in [4.69, 9.17) is 9.47 Å². The minimum absolute atomic E-state index is 0.299. The summed E-state index contributed by atoms with van der Waals surface area (Å²) in [5.74, 6) is 4.03. The lowest BCUT2D eigenvalue weighted by Crippen LogP contribution is -2.47. The fraction of sp³-hybridized carbons (Fsp3) is 0.647. The second-order valence-electron chi connectivity index (χ2n) is 6.37. The molecule has 2 unspecified atom stereocenters. The third-order valence-electron chi connectivity index (χ3n) is 4.48. The lowest BCUT2D eigenvalue weighted by molar-refractivity contribution is 0.231. The molecule has 21 heavy (non-hydrogen) atoms. The summed E-state index contributed by atoms with van der Waals surface area (Å²) in [5.41, 5.74) is 1.59. The fourth-order valence-corrected chi connectivity index (χ4v) is 4.35. The molecule has 0 bridgehead atoms. The van der Waals surface area contributed by atoms with Crippen molar-refractivity contribution >= 4 is 11.8 Å². The third-order valence-corrected chi connectivity index (χ3v) is 5.54. The number of nitrogens with one attached hydrogen (secondary N) is 1. The Hall–Kier alpha value is -0.870. The highest BCUT2D eigenvalue weighted by molar-refractivity contribution is 7.99. The fourth-order valence-electron chi connectivity index (χ4n) is 2.73. The molecule has 1 fully saturated rings. The van der Waals surface area contributed by atoms with Crippen LogP contribution in [0, 0.1) is 5.41 Å². The van der Waals surface area contributed by atoms with E-state index < -0.39 is 0 Å². The van der Waals surface area contributed by atoms with Crippen LogP contribution in [0.3, 0.4) is 0 Å². The molecule has 2 rings (SSSR count). The third kappa shape index (κ3) is 3.86. The molecule has 1 aromatic carbocycles. The highest BCUT2D eigenvalue weighted by Gasteiger charge is 2.33. The average Bonchev–Trinajstić information content (AvgIpc) is 2.48. The molecule has 1 N–H and O–H groups in total. The summed E-state index contributed by atoms with van der Waals surface area (Å²) in [4.78, 5) is 0. The highest BCUT2D eigenvalue weighted by atomic mass is 32.2. The number of benzene rings is 1. The summed E-state index contributed by atoms with van der Waals surface area (Å²) in [6.07, 6.45) is 1.27. The van der Waals surface area contributed by atoms with Gasteiger partial charge in [-0.25, -0.2) is 0 Å². The summed E-state index contributed by atoms with van der Waals surface area (Å²) in [6.45, 7) is 6.95. The lowest BCUT2D eigenvalue weighted by Gasteiger charge is -2.40. The number of methoxy groups -OCH3 is 2. The minimum atomic E-state index is 0.299. The summed E-state index contributed by atoms with van der Waals surface area (Å²) in [5, 5.41) is 3.80. The number of rotatable bonds is 5. The molecule has 0 radical (unpaired) electrons. The monoisotopic (exact) mass is 309 g/mol. The summed E-state index contributed by atoms with van der Waals surface area (Å²) in [7, 11) is 3.35. The predicted octanol–water partition coefficient (Wildman–Crippen LogP) is 3.89. The van der Waals surface area contributed by atoms with Gasteiger partial charge in [-0.15, -0.1) is 0 Å². The van der Waals surface area contributed by atoms with Crippen molar-refractivity contribution in [1.29, 1.82) is 0 Å². The number of hydrogen-bond acceptors (Lipinski definition) is 4. The first-order chi connectivity index (χ1) is 9.97. The largest absolute Gasteiger partial charge is 0.493 e. The lowest BCUT2D eigenvalue weighted by atomic mass is 9.81. The maximum absolute atomic E-state index is 5.40. The molecule has 1 aliphatic heterocycles. The first-order valence-corrected chi connectivity index (χ1v) is 8.69. The molecule has 2 atom stereocenters. The molecule has 0 saturated carbocycles. The van der Waals surface area contributed by atoms with Crippen LogP contribution in [0.15, 0.2) is 18.2 Å². The van der Waals surface area contributed by atoms with Gasteiger partial charge in [0.05, 0.1) is 14.2 Å². The Labute approximate surface area is 132 Å². The van der Waals surface area contributed by atoms with Crippen LogP contribution in [0.1, 0.15) is 38.8 Å². The Morgan fingerprint density at radius 1 is 1.24 bits per heavy atom. The zero-order chi connectivity index (χ0) is 15.5. The predicted molar refractivity (Wildman–Crippen MR) is 90.6 cm³/mol. The first-order valence-electron chi connectivity index (χ1n) is 7.53. The molecule has 0 amide bonds. The molecule has 4 heteroatoms. The van der Waals surface area contributed by atoms with E-state index in [2.05, 4.69) is 38.2 Å². The summed E-state index contributed by atoms with van der Waals surface area (Å²) >= 11 is 2.05. The van der Waals surface area contributed by atoms with Crippen LogP contribution in [0.2, 0.25) is 0 Å². The first kappa shape index (κ1) is 16.5. The second kappa shape index (κ2) is 6.93. The van der Waals surface area contributed by atoms with Crippen molar-refractivity contribution in [3.8, 4) is 11.5 Å². The molecule has 1 saturated heterocycles. The van der Waals surface area contributed by atoms with Crippen molar-refractivity contribution in [1.82, 2.24) is 5.32 Å². The van der Waals surface area contributed by atoms with E-state index in [0.717, 1.165) is 11.5 Å². The molecule has 1 heterocycles. The Kier molecular flexibility index (Phi) is 5.44. The topological polar surface area (TPSA) is 30.5 Å². The van der Waals surface area contributed by atoms with Crippen molar-refractivity contribution in [2.45, 2.75) is 39.3 Å². The van der Waals surface area contributed by atoms with E-state index in [-0.39, 0.29) is 0 Å². The van der Waals surface area contributed by atoms with Crippen LogP contribution >= 0.6 is 11.8 Å². The molecule has 118 valence electrons. The zero-order valence-electron chi connectivity index (χ0n) is 13.7. The van der Waals surface area contributed by atoms with Crippen LogP contribution in [0.25, 0.3) is 0 Å². The van der Waals surface area contributed by atoms with Gasteiger partial charge in [-0.1, -0.05) is 19.9 Å². The molecular weight excluding hydrogens is 282 g/mol. The number of hydrogen-bond donors (Lipinski definition) is 1. The molecule has 3 nitrogen and oxygen atoms in total. The van der Waals surface area contributed by atoms with Crippen LogP contribution in [-0.2, 0) is 0 Å². The van der Waals surface area contributed by atoms with Crippen LogP contribution < -0.4 is 14.8 Å². The van der Waals surface area contributed by atoms with E-state index >= 15 is 0 Å². The Morgan fingerprint density at radius 3 is 2.57 bits per heavy atom.